The molecule has 0 saturated heterocycles. The highest BCUT2D eigenvalue weighted by Crippen LogP contribution is 2.53. The standard InChI is InChI=1S/C17H26N2O/c20-17(18-9-11-5-6-12-8-13(12)7-11)19-10-16-14-3-1-2-4-15(14)16/h1-2,11-16H,3-10H2,(H2,18,19,20)/t11-,12?,13?,14?,15?,16?/m1/s1. The zero-order chi connectivity index (χ0) is 13.5. The van der Waals surface area contributed by atoms with Gasteiger partial charge in [0.05, 0.1) is 0 Å². The first kappa shape index (κ1) is 12.7. The zero-order valence-electron chi connectivity index (χ0n) is 12.2. The summed E-state index contributed by atoms with van der Waals surface area (Å²) >= 11 is 0. The Morgan fingerprint density at radius 2 is 1.70 bits per heavy atom. The molecule has 3 fully saturated rings. The Balaban J connectivity index is 1.13. The number of carbonyl (C=O) groups is 1. The average molecular weight is 274 g/mol. The van der Waals surface area contributed by atoms with Crippen molar-refractivity contribution in [2.45, 2.75) is 38.5 Å². The van der Waals surface area contributed by atoms with E-state index in [9.17, 15) is 4.79 Å². The highest BCUT2D eigenvalue weighted by molar-refractivity contribution is 5.73. The topological polar surface area (TPSA) is 41.1 Å². The van der Waals surface area contributed by atoms with Crippen LogP contribution in [0.1, 0.15) is 38.5 Å². The lowest BCUT2D eigenvalue weighted by atomic mass is 9.89. The summed E-state index contributed by atoms with van der Waals surface area (Å²) in [5.74, 6) is 5.22. The third-order valence-electron chi connectivity index (χ3n) is 6.19. The quantitative estimate of drug-likeness (QED) is 0.760. The van der Waals surface area contributed by atoms with Crippen molar-refractivity contribution in [3.63, 3.8) is 0 Å². The van der Waals surface area contributed by atoms with E-state index >= 15 is 0 Å². The summed E-state index contributed by atoms with van der Waals surface area (Å²) in [7, 11) is 0. The molecule has 0 aromatic rings. The molecule has 20 heavy (non-hydrogen) atoms. The van der Waals surface area contributed by atoms with Crippen LogP contribution in [0.3, 0.4) is 0 Å². The Morgan fingerprint density at radius 1 is 0.950 bits per heavy atom. The normalized spacial score (nSPS) is 44.2. The molecule has 3 nitrogen and oxygen atoms in total. The average Bonchev–Trinajstić information content (AvgIpc) is 3.36. The molecule has 0 heterocycles. The second-order valence-corrected chi connectivity index (χ2v) is 7.46. The Bertz CT molecular complexity index is 397. The van der Waals surface area contributed by atoms with Crippen LogP contribution in [0.5, 0.6) is 0 Å². The summed E-state index contributed by atoms with van der Waals surface area (Å²) in [5, 5.41) is 6.17. The molecule has 0 aliphatic heterocycles. The van der Waals surface area contributed by atoms with Crippen LogP contribution >= 0.6 is 0 Å². The lowest BCUT2D eigenvalue weighted by molar-refractivity contribution is 0.235. The Hall–Kier alpha value is -0.990. The summed E-state index contributed by atoms with van der Waals surface area (Å²) in [6.07, 6.45) is 12.6. The number of nitrogens with one attached hydrogen (secondary N) is 2. The molecule has 0 aromatic heterocycles. The van der Waals surface area contributed by atoms with Crippen molar-refractivity contribution < 1.29 is 4.79 Å². The van der Waals surface area contributed by atoms with Gasteiger partial charge >= 0.3 is 6.03 Å². The molecule has 3 heteroatoms. The highest BCUT2D eigenvalue weighted by Gasteiger charge is 2.49. The van der Waals surface area contributed by atoms with Gasteiger partial charge in [0.1, 0.15) is 0 Å². The van der Waals surface area contributed by atoms with E-state index < -0.39 is 0 Å². The van der Waals surface area contributed by atoms with E-state index in [1.807, 2.05) is 0 Å². The van der Waals surface area contributed by atoms with Gasteiger partial charge in [-0.05, 0) is 74.0 Å². The predicted octanol–water partition coefficient (Wildman–Crippen LogP) is 2.93. The van der Waals surface area contributed by atoms with Gasteiger partial charge in [0.25, 0.3) is 0 Å². The Morgan fingerprint density at radius 3 is 2.45 bits per heavy atom. The van der Waals surface area contributed by atoms with Crippen LogP contribution < -0.4 is 10.6 Å². The maximum absolute atomic E-state index is 11.9. The van der Waals surface area contributed by atoms with Crippen LogP contribution in [0.15, 0.2) is 12.2 Å². The molecule has 0 spiro atoms. The van der Waals surface area contributed by atoms with Crippen LogP contribution in [-0.4, -0.2) is 19.1 Å². The van der Waals surface area contributed by atoms with Crippen LogP contribution in [0.25, 0.3) is 0 Å². The molecule has 0 radical (unpaired) electrons. The van der Waals surface area contributed by atoms with Gasteiger partial charge in [0, 0.05) is 13.1 Å². The van der Waals surface area contributed by atoms with Gasteiger partial charge in [-0.1, -0.05) is 12.2 Å². The molecular weight excluding hydrogens is 248 g/mol. The van der Waals surface area contributed by atoms with Crippen LogP contribution in [0, 0.1) is 35.5 Å². The minimum absolute atomic E-state index is 0.0551. The van der Waals surface area contributed by atoms with E-state index in [0.29, 0.717) is 0 Å². The van der Waals surface area contributed by atoms with Crippen molar-refractivity contribution in [3.8, 4) is 0 Å². The molecule has 4 unspecified atom stereocenters. The van der Waals surface area contributed by atoms with Gasteiger partial charge in [0.2, 0.25) is 0 Å². The van der Waals surface area contributed by atoms with E-state index in [-0.39, 0.29) is 6.03 Å². The molecule has 4 rings (SSSR count). The Kier molecular flexibility index (Phi) is 3.24. The fourth-order valence-electron chi connectivity index (χ4n) is 4.68. The van der Waals surface area contributed by atoms with Crippen molar-refractivity contribution in [2.75, 3.05) is 13.1 Å². The first-order chi connectivity index (χ1) is 9.81. The van der Waals surface area contributed by atoms with Crippen molar-refractivity contribution in [1.29, 1.82) is 0 Å². The molecule has 5 atom stereocenters. The van der Waals surface area contributed by atoms with Crippen LogP contribution in [-0.2, 0) is 0 Å². The van der Waals surface area contributed by atoms with Gasteiger partial charge in [-0.25, -0.2) is 4.79 Å². The smallest absolute Gasteiger partial charge is 0.314 e. The number of fused-ring (bicyclic) bond motifs is 2. The fraction of sp³-hybridized carbons (Fsp3) is 0.824. The molecule has 3 saturated carbocycles. The molecule has 2 amide bonds. The summed E-state index contributed by atoms with van der Waals surface area (Å²) in [4.78, 5) is 11.9. The highest BCUT2D eigenvalue weighted by atomic mass is 16.2. The van der Waals surface area contributed by atoms with Crippen LogP contribution in [0.2, 0.25) is 0 Å². The molecule has 2 N–H and O–H groups in total. The van der Waals surface area contributed by atoms with E-state index in [4.69, 9.17) is 0 Å². The minimum atomic E-state index is 0.0551. The number of carbonyl (C=O) groups excluding carboxylic acids is 1. The second kappa shape index (κ2) is 5.09. The minimum Gasteiger partial charge on any atom is -0.338 e. The number of urea groups is 1. The third-order valence-corrected chi connectivity index (χ3v) is 6.19. The first-order valence-corrected chi connectivity index (χ1v) is 8.48. The summed E-state index contributed by atoms with van der Waals surface area (Å²) in [6.45, 7) is 1.76. The van der Waals surface area contributed by atoms with Crippen molar-refractivity contribution in [3.05, 3.63) is 12.2 Å². The second-order valence-electron chi connectivity index (χ2n) is 7.46. The predicted molar refractivity (Wildman–Crippen MR) is 79.2 cm³/mol. The van der Waals surface area contributed by atoms with Crippen molar-refractivity contribution >= 4 is 6.03 Å². The molecule has 4 aliphatic rings. The van der Waals surface area contributed by atoms with Gasteiger partial charge in [-0.2, -0.15) is 0 Å². The SMILES string of the molecule is O=C(NCC1C2CC=CCC21)NC[C@@H]1CCC2CC2C1. The Labute approximate surface area is 121 Å². The third kappa shape index (κ3) is 2.59. The fourth-order valence-corrected chi connectivity index (χ4v) is 4.68. The lowest BCUT2D eigenvalue weighted by Crippen LogP contribution is -2.39. The molecule has 0 bridgehead atoms. The number of hydrogen-bond acceptors (Lipinski definition) is 1. The van der Waals surface area contributed by atoms with Gasteiger partial charge in [0.15, 0.2) is 0 Å². The van der Waals surface area contributed by atoms with Crippen molar-refractivity contribution in [1.82, 2.24) is 10.6 Å². The number of rotatable bonds is 4. The maximum Gasteiger partial charge on any atom is 0.314 e. The van der Waals surface area contributed by atoms with Gasteiger partial charge in [-0.3, -0.25) is 0 Å². The summed E-state index contributed by atoms with van der Waals surface area (Å²) in [5.41, 5.74) is 0. The largest absolute Gasteiger partial charge is 0.338 e. The monoisotopic (exact) mass is 274 g/mol. The zero-order valence-corrected chi connectivity index (χ0v) is 12.2. The van der Waals surface area contributed by atoms with Gasteiger partial charge < -0.3 is 10.6 Å². The van der Waals surface area contributed by atoms with E-state index in [2.05, 4.69) is 22.8 Å². The summed E-state index contributed by atoms with van der Waals surface area (Å²) < 4.78 is 0. The molecular formula is C17H26N2O. The molecule has 0 aromatic carbocycles. The van der Waals surface area contributed by atoms with Gasteiger partial charge in [-0.15, -0.1) is 0 Å². The number of allylic oxidation sites excluding steroid dienone is 2. The number of hydrogen-bond donors (Lipinski definition) is 2. The summed E-state index contributed by atoms with van der Waals surface area (Å²) in [6, 6.07) is 0.0551. The van der Waals surface area contributed by atoms with E-state index in [1.54, 1.807) is 0 Å². The lowest BCUT2D eigenvalue weighted by Gasteiger charge is -2.21. The molecule has 4 aliphatic carbocycles. The first-order valence-electron chi connectivity index (χ1n) is 8.48. The van der Waals surface area contributed by atoms with Crippen molar-refractivity contribution in [2.24, 2.45) is 35.5 Å². The maximum atomic E-state index is 11.9. The van der Waals surface area contributed by atoms with E-state index in [0.717, 1.165) is 48.6 Å². The number of amides is 2. The van der Waals surface area contributed by atoms with E-state index in [1.165, 1.54) is 38.5 Å². The van der Waals surface area contributed by atoms with Crippen LogP contribution in [0.4, 0.5) is 4.79 Å². The molecule has 110 valence electrons.